The lowest BCUT2D eigenvalue weighted by atomic mass is 10.1. The van der Waals surface area contributed by atoms with Crippen LogP contribution in [0.1, 0.15) is 38.6 Å². The first-order valence-corrected chi connectivity index (χ1v) is 6.21. The third-order valence-electron chi connectivity index (χ3n) is 1.90. The number of Topliss-reactive ketones (excluding diaryl/α,β-unsaturated/α-hetero) is 1. The first-order chi connectivity index (χ1) is 7.79. The number of rotatable bonds is 3. The zero-order valence-electron chi connectivity index (χ0n) is 10.4. The van der Waals surface area contributed by atoms with Crippen LogP contribution in [-0.4, -0.2) is 17.5 Å². The number of nitrogens with one attached hydrogen (secondary N) is 1. The molecule has 0 aliphatic rings. The second-order valence-electron chi connectivity index (χ2n) is 4.71. The number of carbonyl (C=O) groups excluding carboxylic acids is 2. The van der Waals surface area contributed by atoms with E-state index in [0.29, 0.717) is 0 Å². The van der Waals surface area contributed by atoms with E-state index in [4.69, 9.17) is 4.74 Å². The molecule has 1 N–H and O–H groups in total. The lowest BCUT2D eigenvalue weighted by Crippen LogP contribution is -2.37. The SMILES string of the molecule is CC(=O)C(NC(=O)OC(C)(C)C)c1cccs1. The molecular formula is C12H17NO3S. The molecule has 0 fully saturated rings. The Labute approximate surface area is 105 Å². The number of amides is 1. The Bertz CT molecular complexity index is 392. The van der Waals surface area contributed by atoms with Crippen LogP contribution in [0.3, 0.4) is 0 Å². The lowest BCUT2D eigenvalue weighted by Gasteiger charge is -2.22. The normalized spacial score (nSPS) is 12.9. The third kappa shape index (κ3) is 4.56. The summed E-state index contributed by atoms with van der Waals surface area (Å²) in [6.07, 6.45) is -0.578. The molecule has 0 saturated heterocycles. The second kappa shape index (κ2) is 5.31. The number of hydrogen-bond donors (Lipinski definition) is 1. The fourth-order valence-electron chi connectivity index (χ4n) is 1.25. The van der Waals surface area contributed by atoms with Crippen molar-refractivity contribution in [1.82, 2.24) is 5.32 Å². The van der Waals surface area contributed by atoms with E-state index >= 15 is 0 Å². The van der Waals surface area contributed by atoms with Gasteiger partial charge in [0, 0.05) is 4.88 Å². The molecule has 1 unspecified atom stereocenters. The molecule has 0 spiro atoms. The average molecular weight is 255 g/mol. The molecule has 1 amide bonds. The molecule has 1 rings (SSSR count). The van der Waals surface area contributed by atoms with E-state index in [1.165, 1.54) is 18.3 Å². The van der Waals surface area contributed by atoms with E-state index in [1.54, 1.807) is 20.8 Å². The van der Waals surface area contributed by atoms with Crippen molar-refractivity contribution in [2.45, 2.75) is 39.3 Å². The van der Waals surface area contributed by atoms with Gasteiger partial charge in [0.25, 0.3) is 0 Å². The van der Waals surface area contributed by atoms with Crippen molar-refractivity contribution in [3.63, 3.8) is 0 Å². The van der Waals surface area contributed by atoms with Crippen molar-refractivity contribution in [3.8, 4) is 0 Å². The summed E-state index contributed by atoms with van der Waals surface area (Å²) >= 11 is 1.43. The molecule has 1 atom stereocenters. The van der Waals surface area contributed by atoms with Crippen LogP contribution < -0.4 is 5.32 Å². The molecular weight excluding hydrogens is 238 g/mol. The number of hydrogen-bond acceptors (Lipinski definition) is 4. The molecule has 5 heteroatoms. The van der Waals surface area contributed by atoms with Gasteiger partial charge in [-0.05, 0) is 39.1 Å². The molecule has 1 heterocycles. The van der Waals surface area contributed by atoms with Gasteiger partial charge in [-0.15, -0.1) is 11.3 Å². The van der Waals surface area contributed by atoms with Crippen molar-refractivity contribution in [2.75, 3.05) is 0 Å². The maximum atomic E-state index is 11.6. The summed E-state index contributed by atoms with van der Waals surface area (Å²) in [5, 5.41) is 4.44. The minimum atomic E-state index is -0.621. The molecule has 0 aliphatic heterocycles. The Morgan fingerprint density at radius 1 is 1.41 bits per heavy atom. The van der Waals surface area contributed by atoms with Gasteiger partial charge in [0.15, 0.2) is 5.78 Å². The molecule has 0 aromatic carbocycles. The summed E-state index contributed by atoms with van der Waals surface area (Å²) in [6, 6.07) is 3.03. The van der Waals surface area contributed by atoms with Crippen LogP contribution in [0, 0.1) is 0 Å². The summed E-state index contributed by atoms with van der Waals surface area (Å²) in [5.41, 5.74) is -0.569. The number of carbonyl (C=O) groups is 2. The number of ketones is 1. The molecule has 94 valence electrons. The van der Waals surface area contributed by atoms with E-state index < -0.39 is 17.7 Å². The minimum Gasteiger partial charge on any atom is -0.444 e. The van der Waals surface area contributed by atoms with Gasteiger partial charge in [-0.1, -0.05) is 6.07 Å². The highest BCUT2D eigenvalue weighted by molar-refractivity contribution is 7.10. The molecule has 0 bridgehead atoms. The van der Waals surface area contributed by atoms with Crippen LogP contribution in [-0.2, 0) is 9.53 Å². The van der Waals surface area contributed by atoms with E-state index in [2.05, 4.69) is 5.32 Å². The largest absolute Gasteiger partial charge is 0.444 e. The van der Waals surface area contributed by atoms with E-state index in [1.807, 2.05) is 17.5 Å². The maximum absolute atomic E-state index is 11.6. The topological polar surface area (TPSA) is 55.4 Å². The van der Waals surface area contributed by atoms with Gasteiger partial charge in [-0.3, -0.25) is 4.79 Å². The molecule has 1 aromatic rings. The summed E-state index contributed by atoms with van der Waals surface area (Å²) in [4.78, 5) is 23.9. The third-order valence-corrected chi connectivity index (χ3v) is 2.83. The summed E-state index contributed by atoms with van der Waals surface area (Å²) in [7, 11) is 0. The summed E-state index contributed by atoms with van der Waals surface area (Å²) in [6.45, 7) is 6.78. The standard InChI is InChI=1S/C12H17NO3S/c1-8(14)10(9-6-5-7-17-9)13-11(15)16-12(2,3)4/h5-7,10H,1-4H3,(H,13,15). The Morgan fingerprint density at radius 3 is 2.47 bits per heavy atom. The number of ether oxygens (including phenoxy) is 1. The predicted molar refractivity (Wildman–Crippen MR) is 67.1 cm³/mol. The van der Waals surface area contributed by atoms with Crippen molar-refractivity contribution in [3.05, 3.63) is 22.4 Å². The van der Waals surface area contributed by atoms with E-state index in [0.717, 1.165) is 4.88 Å². The van der Waals surface area contributed by atoms with Gasteiger partial charge < -0.3 is 10.1 Å². The Morgan fingerprint density at radius 2 is 2.06 bits per heavy atom. The average Bonchev–Trinajstić information content (AvgIpc) is 2.63. The fraction of sp³-hybridized carbons (Fsp3) is 0.500. The van der Waals surface area contributed by atoms with Crippen LogP contribution in [0.25, 0.3) is 0 Å². The van der Waals surface area contributed by atoms with Crippen molar-refractivity contribution in [2.24, 2.45) is 0 Å². The highest BCUT2D eigenvalue weighted by Crippen LogP contribution is 2.20. The number of thiophene rings is 1. The highest BCUT2D eigenvalue weighted by Gasteiger charge is 2.23. The molecule has 0 saturated carbocycles. The minimum absolute atomic E-state index is 0.113. The smallest absolute Gasteiger partial charge is 0.408 e. The summed E-state index contributed by atoms with van der Waals surface area (Å²) in [5.74, 6) is -0.113. The Hall–Kier alpha value is -1.36. The van der Waals surface area contributed by atoms with Crippen molar-refractivity contribution < 1.29 is 14.3 Å². The van der Waals surface area contributed by atoms with Gasteiger partial charge >= 0.3 is 6.09 Å². The molecule has 0 aliphatic carbocycles. The highest BCUT2D eigenvalue weighted by atomic mass is 32.1. The van der Waals surface area contributed by atoms with Crippen LogP contribution in [0.15, 0.2) is 17.5 Å². The maximum Gasteiger partial charge on any atom is 0.408 e. The first kappa shape index (κ1) is 13.7. The predicted octanol–water partition coefficient (Wildman–Crippen LogP) is 2.90. The molecule has 17 heavy (non-hydrogen) atoms. The van der Waals surface area contributed by atoms with Crippen LogP contribution in [0.2, 0.25) is 0 Å². The van der Waals surface area contributed by atoms with Crippen molar-refractivity contribution >= 4 is 23.2 Å². The van der Waals surface area contributed by atoms with Crippen LogP contribution in [0.5, 0.6) is 0 Å². The zero-order valence-corrected chi connectivity index (χ0v) is 11.3. The number of alkyl carbamates (subject to hydrolysis) is 1. The zero-order chi connectivity index (χ0) is 13.1. The summed E-state index contributed by atoms with van der Waals surface area (Å²) < 4.78 is 5.12. The van der Waals surface area contributed by atoms with Crippen LogP contribution >= 0.6 is 11.3 Å². The van der Waals surface area contributed by atoms with Crippen LogP contribution in [0.4, 0.5) is 4.79 Å². The Kier molecular flexibility index (Phi) is 4.28. The van der Waals surface area contributed by atoms with E-state index in [9.17, 15) is 9.59 Å². The second-order valence-corrected chi connectivity index (χ2v) is 5.68. The monoisotopic (exact) mass is 255 g/mol. The van der Waals surface area contributed by atoms with Gasteiger partial charge in [-0.25, -0.2) is 4.79 Å². The quantitative estimate of drug-likeness (QED) is 0.903. The van der Waals surface area contributed by atoms with Gasteiger partial charge in [0.2, 0.25) is 0 Å². The van der Waals surface area contributed by atoms with Gasteiger partial charge in [-0.2, -0.15) is 0 Å². The molecule has 4 nitrogen and oxygen atoms in total. The first-order valence-electron chi connectivity index (χ1n) is 5.33. The van der Waals surface area contributed by atoms with Gasteiger partial charge in [0.05, 0.1) is 0 Å². The molecule has 1 aromatic heterocycles. The van der Waals surface area contributed by atoms with Crippen molar-refractivity contribution in [1.29, 1.82) is 0 Å². The molecule has 0 radical (unpaired) electrons. The Balaban J connectivity index is 2.69. The fourth-order valence-corrected chi connectivity index (χ4v) is 2.09. The van der Waals surface area contributed by atoms with E-state index in [-0.39, 0.29) is 5.78 Å². The van der Waals surface area contributed by atoms with Gasteiger partial charge in [0.1, 0.15) is 11.6 Å². The lowest BCUT2D eigenvalue weighted by molar-refractivity contribution is -0.119.